The van der Waals surface area contributed by atoms with Crippen LogP contribution in [0.1, 0.15) is 24.3 Å². The number of hydrogen-bond donors (Lipinski definition) is 0. The van der Waals surface area contributed by atoms with Crippen molar-refractivity contribution in [2.45, 2.75) is 37.9 Å². The molecule has 0 saturated carbocycles. The predicted octanol–water partition coefficient (Wildman–Crippen LogP) is 1.34. The van der Waals surface area contributed by atoms with Crippen LogP contribution in [0.5, 0.6) is 0 Å². The van der Waals surface area contributed by atoms with E-state index >= 15 is 0 Å². The van der Waals surface area contributed by atoms with Crippen LogP contribution in [0.25, 0.3) is 0 Å². The molecule has 0 spiro atoms. The number of amides is 1. The molecule has 2 fully saturated rings. The van der Waals surface area contributed by atoms with Gasteiger partial charge in [0.2, 0.25) is 5.91 Å². The highest BCUT2D eigenvalue weighted by molar-refractivity contribution is 7.09. The quantitative estimate of drug-likeness (QED) is 0.796. The van der Waals surface area contributed by atoms with Crippen LogP contribution in [0.4, 0.5) is 0 Å². The summed E-state index contributed by atoms with van der Waals surface area (Å²) in [5.74, 6) is 0.308. The molecular weight excluding hydrogens is 234 g/mol. The minimum Gasteiger partial charge on any atom is -0.341 e. The van der Waals surface area contributed by atoms with Gasteiger partial charge in [0, 0.05) is 43.7 Å². The molecule has 0 bridgehead atoms. The van der Waals surface area contributed by atoms with Crippen LogP contribution in [0.3, 0.4) is 0 Å². The Morgan fingerprint density at radius 2 is 2.35 bits per heavy atom. The van der Waals surface area contributed by atoms with E-state index in [4.69, 9.17) is 0 Å². The molecule has 4 nitrogen and oxygen atoms in total. The minimum atomic E-state index is 0.308. The largest absolute Gasteiger partial charge is 0.341 e. The van der Waals surface area contributed by atoms with E-state index < -0.39 is 0 Å². The Bertz CT molecular complexity index is 406. The van der Waals surface area contributed by atoms with Gasteiger partial charge in [0.05, 0.1) is 6.54 Å². The van der Waals surface area contributed by atoms with E-state index in [1.165, 1.54) is 5.01 Å². The molecule has 0 N–H and O–H groups in total. The minimum absolute atomic E-state index is 0.308. The first kappa shape index (κ1) is 11.2. The van der Waals surface area contributed by atoms with Gasteiger partial charge in [0.25, 0.3) is 0 Å². The lowest BCUT2D eigenvalue weighted by Crippen LogP contribution is -2.50. The fourth-order valence-corrected chi connectivity index (χ4v) is 3.70. The number of thiazole rings is 1. The highest BCUT2D eigenvalue weighted by Gasteiger charge is 2.41. The normalized spacial score (nSPS) is 29.7. The lowest BCUT2D eigenvalue weighted by molar-refractivity contribution is -0.135. The molecule has 2 aliphatic rings. The third-order valence-electron chi connectivity index (χ3n) is 3.99. The van der Waals surface area contributed by atoms with Crippen molar-refractivity contribution in [3.63, 3.8) is 0 Å². The van der Waals surface area contributed by atoms with E-state index in [-0.39, 0.29) is 0 Å². The van der Waals surface area contributed by atoms with Crippen LogP contribution in [0, 0.1) is 0 Å². The first-order valence-corrected chi connectivity index (χ1v) is 7.02. The maximum absolute atomic E-state index is 11.7. The summed E-state index contributed by atoms with van der Waals surface area (Å²) in [4.78, 5) is 20.5. The van der Waals surface area contributed by atoms with E-state index in [9.17, 15) is 4.79 Å². The average molecular weight is 251 g/mol. The molecule has 0 radical (unpaired) electrons. The second-order valence-electron chi connectivity index (χ2n) is 4.86. The number of nitrogens with zero attached hydrogens (tertiary/aromatic N) is 3. The summed E-state index contributed by atoms with van der Waals surface area (Å²) in [7, 11) is 1.95. The topological polar surface area (TPSA) is 36.4 Å². The van der Waals surface area contributed by atoms with Crippen LogP contribution in [-0.4, -0.2) is 46.4 Å². The SMILES string of the molecule is CN1C(=O)CC[C@@H]2[C@H]1CCN2Cc1nccs1. The van der Waals surface area contributed by atoms with Crippen LogP contribution >= 0.6 is 11.3 Å². The molecule has 17 heavy (non-hydrogen) atoms. The molecule has 0 aromatic carbocycles. The van der Waals surface area contributed by atoms with Crippen LogP contribution < -0.4 is 0 Å². The van der Waals surface area contributed by atoms with Crippen molar-refractivity contribution in [1.82, 2.24) is 14.8 Å². The molecule has 5 heteroatoms. The summed E-state index contributed by atoms with van der Waals surface area (Å²) in [6.07, 6.45) is 4.69. The molecule has 0 aliphatic carbocycles. The molecule has 3 rings (SSSR count). The monoisotopic (exact) mass is 251 g/mol. The second kappa shape index (κ2) is 4.38. The van der Waals surface area contributed by atoms with Gasteiger partial charge in [-0.25, -0.2) is 4.98 Å². The molecule has 1 aromatic rings. The van der Waals surface area contributed by atoms with Crippen molar-refractivity contribution < 1.29 is 4.79 Å². The zero-order valence-corrected chi connectivity index (χ0v) is 10.8. The van der Waals surface area contributed by atoms with E-state index in [2.05, 4.69) is 9.88 Å². The maximum Gasteiger partial charge on any atom is 0.222 e. The lowest BCUT2D eigenvalue weighted by Gasteiger charge is -2.37. The molecule has 1 amide bonds. The maximum atomic E-state index is 11.7. The first-order valence-electron chi connectivity index (χ1n) is 6.14. The number of likely N-dealkylation sites (N-methyl/N-ethyl adjacent to an activating group) is 1. The van der Waals surface area contributed by atoms with Crippen LogP contribution in [-0.2, 0) is 11.3 Å². The molecule has 1 aromatic heterocycles. The summed E-state index contributed by atoms with van der Waals surface area (Å²) < 4.78 is 0. The Kier molecular flexibility index (Phi) is 2.88. The zero-order chi connectivity index (χ0) is 11.8. The number of hydrogen-bond acceptors (Lipinski definition) is 4. The van der Waals surface area contributed by atoms with Gasteiger partial charge in [-0.05, 0) is 12.8 Å². The number of piperidine rings is 1. The van der Waals surface area contributed by atoms with E-state index in [0.717, 1.165) is 25.9 Å². The number of carbonyl (C=O) groups excluding carboxylic acids is 1. The van der Waals surface area contributed by atoms with Gasteiger partial charge in [-0.3, -0.25) is 9.69 Å². The average Bonchev–Trinajstić information content (AvgIpc) is 2.95. The Hall–Kier alpha value is -0.940. The highest BCUT2D eigenvalue weighted by Crippen LogP contribution is 2.31. The van der Waals surface area contributed by atoms with Crippen molar-refractivity contribution >= 4 is 17.2 Å². The number of likely N-dealkylation sites (tertiary alicyclic amines) is 2. The van der Waals surface area contributed by atoms with Gasteiger partial charge in [-0.1, -0.05) is 0 Å². The Labute approximate surface area is 105 Å². The van der Waals surface area contributed by atoms with Gasteiger partial charge in [0.1, 0.15) is 5.01 Å². The third-order valence-corrected chi connectivity index (χ3v) is 4.76. The highest BCUT2D eigenvalue weighted by atomic mass is 32.1. The molecule has 3 heterocycles. The number of fused-ring (bicyclic) bond motifs is 1. The summed E-state index contributed by atoms with van der Waals surface area (Å²) >= 11 is 1.72. The number of carbonyl (C=O) groups is 1. The van der Waals surface area contributed by atoms with Gasteiger partial charge >= 0.3 is 0 Å². The summed E-state index contributed by atoms with van der Waals surface area (Å²) in [5.41, 5.74) is 0. The third kappa shape index (κ3) is 1.98. The van der Waals surface area contributed by atoms with E-state index in [1.807, 2.05) is 23.5 Å². The van der Waals surface area contributed by atoms with Crippen molar-refractivity contribution in [3.8, 4) is 0 Å². The Morgan fingerprint density at radius 1 is 1.47 bits per heavy atom. The van der Waals surface area contributed by atoms with Gasteiger partial charge in [0.15, 0.2) is 0 Å². The summed E-state index contributed by atoms with van der Waals surface area (Å²) in [6.45, 7) is 2.04. The second-order valence-corrected chi connectivity index (χ2v) is 5.84. The number of aromatic nitrogens is 1. The zero-order valence-electron chi connectivity index (χ0n) is 10.0. The smallest absolute Gasteiger partial charge is 0.222 e. The van der Waals surface area contributed by atoms with Crippen LogP contribution in [0.15, 0.2) is 11.6 Å². The lowest BCUT2D eigenvalue weighted by atomic mass is 9.97. The van der Waals surface area contributed by atoms with Gasteiger partial charge < -0.3 is 4.90 Å². The molecule has 2 aliphatic heterocycles. The standard InChI is InChI=1S/C12H17N3OS/c1-14-9-4-6-15(8-11-13-5-7-17-11)10(9)2-3-12(14)16/h5,7,9-10H,2-4,6,8H2,1H3/t9-,10-/m1/s1. The first-order chi connectivity index (χ1) is 8.25. The fourth-order valence-electron chi connectivity index (χ4n) is 3.06. The van der Waals surface area contributed by atoms with Gasteiger partial charge in [-0.2, -0.15) is 0 Å². The van der Waals surface area contributed by atoms with Gasteiger partial charge in [-0.15, -0.1) is 11.3 Å². The van der Waals surface area contributed by atoms with Crippen molar-refractivity contribution in [2.24, 2.45) is 0 Å². The molecule has 0 unspecified atom stereocenters. The number of rotatable bonds is 2. The summed E-state index contributed by atoms with van der Waals surface area (Å²) in [6, 6.07) is 0.970. The molecule has 2 atom stereocenters. The van der Waals surface area contributed by atoms with Crippen molar-refractivity contribution in [3.05, 3.63) is 16.6 Å². The molecular formula is C12H17N3OS. The fraction of sp³-hybridized carbons (Fsp3) is 0.667. The Morgan fingerprint density at radius 3 is 3.12 bits per heavy atom. The molecule has 2 saturated heterocycles. The Balaban J connectivity index is 1.71. The molecule has 92 valence electrons. The van der Waals surface area contributed by atoms with E-state index in [0.29, 0.717) is 24.4 Å². The van der Waals surface area contributed by atoms with Crippen molar-refractivity contribution in [1.29, 1.82) is 0 Å². The van der Waals surface area contributed by atoms with E-state index in [1.54, 1.807) is 11.3 Å². The summed E-state index contributed by atoms with van der Waals surface area (Å²) in [5, 5.41) is 3.21. The van der Waals surface area contributed by atoms with Crippen LogP contribution in [0.2, 0.25) is 0 Å². The predicted molar refractivity (Wildman–Crippen MR) is 66.7 cm³/mol. The van der Waals surface area contributed by atoms with Crippen molar-refractivity contribution in [2.75, 3.05) is 13.6 Å².